The van der Waals surface area contributed by atoms with Gasteiger partial charge in [0.25, 0.3) is 0 Å². The fourth-order valence-corrected chi connectivity index (χ4v) is 1.81. The zero-order valence-electron chi connectivity index (χ0n) is 10.9. The molecule has 0 saturated carbocycles. The second kappa shape index (κ2) is 6.29. The molecule has 100 valence electrons. The van der Waals surface area contributed by atoms with Gasteiger partial charge in [0.2, 0.25) is 0 Å². The van der Waals surface area contributed by atoms with Crippen molar-refractivity contribution in [3.63, 3.8) is 0 Å². The molecule has 0 radical (unpaired) electrons. The van der Waals surface area contributed by atoms with Crippen LogP contribution in [0.15, 0.2) is 36.4 Å². The quantitative estimate of drug-likeness (QED) is 0.870. The molecule has 0 aliphatic rings. The molecule has 2 aromatic rings. The Kier molecular flexibility index (Phi) is 4.47. The van der Waals surface area contributed by atoms with Gasteiger partial charge in [-0.3, -0.25) is 0 Å². The van der Waals surface area contributed by atoms with Crippen molar-refractivity contribution in [1.29, 1.82) is 0 Å². The van der Waals surface area contributed by atoms with Crippen molar-refractivity contribution >= 4 is 28.9 Å². The Bertz CT molecular complexity index is 560. The van der Waals surface area contributed by atoms with E-state index < -0.39 is 0 Å². The van der Waals surface area contributed by atoms with Crippen molar-refractivity contribution in [1.82, 2.24) is 4.98 Å². The molecule has 0 saturated heterocycles. The molecule has 1 aromatic carbocycles. The van der Waals surface area contributed by atoms with Gasteiger partial charge in [-0.15, -0.1) is 0 Å². The van der Waals surface area contributed by atoms with Gasteiger partial charge in [0.15, 0.2) is 0 Å². The third-order valence-electron chi connectivity index (χ3n) is 2.54. The first-order valence-corrected chi connectivity index (χ1v) is 6.42. The minimum Gasteiger partial charge on any atom is -0.497 e. The summed E-state index contributed by atoms with van der Waals surface area (Å²) in [6.07, 6.45) is 0. The molecule has 0 aliphatic carbocycles. The van der Waals surface area contributed by atoms with E-state index in [2.05, 4.69) is 15.6 Å². The SMILES string of the molecule is CCNc1cccc(Nc2cc(OC)ccc2Cl)n1. The van der Waals surface area contributed by atoms with Crippen molar-refractivity contribution in [2.24, 2.45) is 0 Å². The minimum absolute atomic E-state index is 0.622. The molecule has 0 spiro atoms. The van der Waals surface area contributed by atoms with E-state index in [0.717, 1.165) is 29.6 Å². The molecule has 0 aliphatic heterocycles. The summed E-state index contributed by atoms with van der Waals surface area (Å²) in [5, 5.41) is 6.97. The molecule has 2 rings (SSSR count). The van der Waals surface area contributed by atoms with E-state index in [4.69, 9.17) is 16.3 Å². The van der Waals surface area contributed by atoms with Crippen molar-refractivity contribution in [2.45, 2.75) is 6.92 Å². The molecular weight excluding hydrogens is 262 g/mol. The monoisotopic (exact) mass is 277 g/mol. The third kappa shape index (κ3) is 3.51. The lowest BCUT2D eigenvalue weighted by Crippen LogP contribution is -2.01. The van der Waals surface area contributed by atoms with Crippen LogP contribution in [-0.2, 0) is 0 Å². The van der Waals surface area contributed by atoms with E-state index in [1.165, 1.54) is 0 Å². The lowest BCUT2D eigenvalue weighted by Gasteiger charge is -2.10. The van der Waals surface area contributed by atoms with Gasteiger partial charge in [-0.25, -0.2) is 4.98 Å². The van der Waals surface area contributed by atoms with Gasteiger partial charge in [-0.05, 0) is 31.2 Å². The number of hydrogen-bond acceptors (Lipinski definition) is 4. The Hall–Kier alpha value is -1.94. The van der Waals surface area contributed by atoms with Crippen LogP contribution in [-0.4, -0.2) is 18.6 Å². The Morgan fingerprint density at radius 2 is 2.00 bits per heavy atom. The number of rotatable bonds is 5. The Labute approximate surface area is 117 Å². The van der Waals surface area contributed by atoms with Crippen LogP contribution in [0.1, 0.15) is 6.92 Å². The number of methoxy groups -OCH3 is 1. The summed E-state index contributed by atoms with van der Waals surface area (Å²) in [5.74, 6) is 2.30. The summed E-state index contributed by atoms with van der Waals surface area (Å²) in [5.41, 5.74) is 0.766. The summed E-state index contributed by atoms with van der Waals surface area (Å²) in [7, 11) is 1.62. The van der Waals surface area contributed by atoms with Crippen LogP contribution < -0.4 is 15.4 Å². The molecule has 0 amide bonds. The Morgan fingerprint density at radius 1 is 1.21 bits per heavy atom. The van der Waals surface area contributed by atoms with Crippen LogP contribution in [0.2, 0.25) is 5.02 Å². The summed E-state index contributed by atoms with van der Waals surface area (Å²) >= 11 is 6.14. The number of nitrogens with zero attached hydrogens (tertiary/aromatic N) is 1. The molecule has 1 heterocycles. The highest BCUT2D eigenvalue weighted by Gasteiger charge is 2.04. The van der Waals surface area contributed by atoms with Gasteiger partial charge in [-0.2, -0.15) is 0 Å². The average Bonchev–Trinajstić information content (AvgIpc) is 2.42. The van der Waals surface area contributed by atoms with Crippen molar-refractivity contribution in [3.8, 4) is 5.75 Å². The maximum Gasteiger partial charge on any atom is 0.132 e. The standard InChI is InChI=1S/C14H16ClN3O/c1-3-16-13-5-4-6-14(18-13)17-12-9-10(19-2)7-8-11(12)15/h4-9H,3H2,1-2H3,(H2,16,17,18). The van der Waals surface area contributed by atoms with Crippen molar-refractivity contribution in [3.05, 3.63) is 41.4 Å². The van der Waals surface area contributed by atoms with Crippen LogP contribution in [0, 0.1) is 0 Å². The number of benzene rings is 1. The van der Waals surface area contributed by atoms with E-state index in [1.807, 2.05) is 37.3 Å². The van der Waals surface area contributed by atoms with Gasteiger partial charge in [0.05, 0.1) is 17.8 Å². The molecule has 2 N–H and O–H groups in total. The highest BCUT2D eigenvalue weighted by atomic mass is 35.5. The van der Waals surface area contributed by atoms with Gasteiger partial charge in [-0.1, -0.05) is 17.7 Å². The van der Waals surface area contributed by atoms with Crippen molar-refractivity contribution in [2.75, 3.05) is 24.3 Å². The smallest absolute Gasteiger partial charge is 0.132 e. The number of halogens is 1. The second-order valence-corrected chi connectivity index (χ2v) is 4.32. The van der Waals surface area contributed by atoms with E-state index in [1.54, 1.807) is 13.2 Å². The van der Waals surface area contributed by atoms with Crippen LogP contribution in [0.5, 0.6) is 5.75 Å². The largest absolute Gasteiger partial charge is 0.497 e. The molecule has 0 bridgehead atoms. The van der Waals surface area contributed by atoms with Crippen LogP contribution in [0.4, 0.5) is 17.3 Å². The Morgan fingerprint density at radius 3 is 2.74 bits per heavy atom. The van der Waals surface area contributed by atoms with Gasteiger partial charge < -0.3 is 15.4 Å². The normalized spacial score (nSPS) is 10.1. The van der Waals surface area contributed by atoms with Crippen LogP contribution >= 0.6 is 11.6 Å². The highest BCUT2D eigenvalue weighted by Crippen LogP contribution is 2.29. The molecule has 5 heteroatoms. The number of nitrogens with one attached hydrogen (secondary N) is 2. The van der Waals surface area contributed by atoms with Crippen LogP contribution in [0.3, 0.4) is 0 Å². The average molecular weight is 278 g/mol. The first kappa shape index (κ1) is 13.5. The van der Waals surface area contributed by atoms with Crippen LogP contribution in [0.25, 0.3) is 0 Å². The predicted octanol–water partition coefficient (Wildman–Crippen LogP) is 3.92. The Balaban J connectivity index is 2.22. The van der Waals surface area contributed by atoms with Gasteiger partial charge in [0.1, 0.15) is 17.4 Å². The molecule has 1 aromatic heterocycles. The van der Waals surface area contributed by atoms with Crippen molar-refractivity contribution < 1.29 is 4.74 Å². The molecule has 0 fully saturated rings. The minimum atomic E-state index is 0.622. The van der Waals surface area contributed by atoms with Gasteiger partial charge >= 0.3 is 0 Å². The number of hydrogen-bond donors (Lipinski definition) is 2. The maximum atomic E-state index is 6.14. The summed E-state index contributed by atoms with van der Waals surface area (Å²) < 4.78 is 5.18. The maximum absolute atomic E-state index is 6.14. The first-order chi connectivity index (χ1) is 9.22. The fourth-order valence-electron chi connectivity index (χ4n) is 1.65. The molecule has 0 atom stereocenters. The predicted molar refractivity (Wildman–Crippen MR) is 79.7 cm³/mol. The zero-order chi connectivity index (χ0) is 13.7. The zero-order valence-corrected chi connectivity index (χ0v) is 11.7. The highest BCUT2D eigenvalue weighted by molar-refractivity contribution is 6.33. The second-order valence-electron chi connectivity index (χ2n) is 3.91. The lowest BCUT2D eigenvalue weighted by molar-refractivity contribution is 0.415. The number of aromatic nitrogens is 1. The summed E-state index contributed by atoms with van der Waals surface area (Å²) in [6.45, 7) is 2.86. The van der Waals surface area contributed by atoms with Gasteiger partial charge in [0, 0.05) is 12.6 Å². The van der Waals surface area contributed by atoms with E-state index >= 15 is 0 Å². The number of pyridine rings is 1. The van der Waals surface area contributed by atoms with E-state index in [9.17, 15) is 0 Å². The molecule has 0 unspecified atom stereocenters. The molecule has 19 heavy (non-hydrogen) atoms. The third-order valence-corrected chi connectivity index (χ3v) is 2.87. The van der Waals surface area contributed by atoms with E-state index in [0.29, 0.717) is 5.02 Å². The first-order valence-electron chi connectivity index (χ1n) is 6.04. The topological polar surface area (TPSA) is 46.2 Å². The summed E-state index contributed by atoms with van der Waals surface area (Å²) in [6, 6.07) is 11.2. The molecular formula is C14H16ClN3O. The fraction of sp³-hybridized carbons (Fsp3) is 0.214. The molecule has 4 nitrogen and oxygen atoms in total. The lowest BCUT2D eigenvalue weighted by atomic mass is 10.3. The van der Waals surface area contributed by atoms with E-state index in [-0.39, 0.29) is 0 Å². The summed E-state index contributed by atoms with van der Waals surface area (Å²) in [4.78, 5) is 4.43. The number of anilines is 3. The number of ether oxygens (including phenoxy) is 1.